The highest BCUT2D eigenvalue weighted by atomic mass is 16.6. The van der Waals surface area contributed by atoms with Gasteiger partial charge in [0.15, 0.2) is 5.78 Å². The van der Waals surface area contributed by atoms with Gasteiger partial charge in [-0.1, -0.05) is 45.9 Å². The number of ether oxygens (including phenoxy) is 3. The molecular formula is C38H59NO10. The average Bonchev–Trinajstić information content (AvgIpc) is 3.09. The summed E-state index contributed by atoms with van der Waals surface area (Å²) in [6.45, 7) is 7.61. The Kier molecular flexibility index (Phi) is 14.2. The summed E-state index contributed by atoms with van der Waals surface area (Å²) in [5.74, 6) is -6.73. The summed E-state index contributed by atoms with van der Waals surface area (Å²) in [5, 5.41) is 32.9. The van der Waals surface area contributed by atoms with Crippen LogP contribution >= 0.6 is 0 Å². The maximum atomic E-state index is 14.0. The number of cyclic esters (lactones) is 1. The van der Waals surface area contributed by atoms with E-state index in [0.717, 1.165) is 12.8 Å². The Hall–Kier alpha value is -2.44. The van der Waals surface area contributed by atoms with Crippen molar-refractivity contribution in [2.24, 2.45) is 29.6 Å². The van der Waals surface area contributed by atoms with E-state index in [0.29, 0.717) is 64.2 Å². The number of nitrogens with zero attached hydrogens (tertiary/aromatic N) is 1. The Morgan fingerprint density at radius 3 is 2.43 bits per heavy atom. The number of allylic oxidation sites excluding steroid dienone is 4. The zero-order valence-corrected chi connectivity index (χ0v) is 30.0. The highest BCUT2D eigenvalue weighted by Crippen LogP contribution is 2.38. The van der Waals surface area contributed by atoms with Crippen molar-refractivity contribution in [3.05, 3.63) is 24.3 Å². The molecule has 0 aromatic rings. The second kappa shape index (κ2) is 17.7. The van der Waals surface area contributed by atoms with Crippen molar-refractivity contribution < 1.29 is 48.7 Å². The van der Waals surface area contributed by atoms with Crippen LogP contribution in [0.25, 0.3) is 0 Å². The van der Waals surface area contributed by atoms with Crippen LogP contribution in [0.5, 0.6) is 0 Å². The molecule has 49 heavy (non-hydrogen) atoms. The van der Waals surface area contributed by atoms with Crippen molar-refractivity contribution in [1.29, 1.82) is 0 Å². The molecule has 0 aromatic carbocycles. The lowest BCUT2D eigenvalue weighted by Crippen LogP contribution is -2.61. The summed E-state index contributed by atoms with van der Waals surface area (Å²) in [6, 6.07) is -0.997. The van der Waals surface area contributed by atoms with Crippen molar-refractivity contribution in [3.8, 4) is 0 Å². The van der Waals surface area contributed by atoms with E-state index in [4.69, 9.17) is 14.2 Å². The van der Waals surface area contributed by atoms with Crippen molar-refractivity contribution in [3.63, 3.8) is 0 Å². The van der Waals surface area contributed by atoms with Gasteiger partial charge in [-0.05, 0) is 101 Å². The topological polar surface area (TPSA) is 160 Å². The van der Waals surface area contributed by atoms with Crippen molar-refractivity contribution >= 4 is 23.4 Å². The lowest BCUT2D eigenvalue weighted by molar-refractivity contribution is -0.268. The highest BCUT2D eigenvalue weighted by molar-refractivity contribution is 6.39. The molecule has 276 valence electrons. The van der Waals surface area contributed by atoms with E-state index in [1.807, 2.05) is 13.0 Å². The number of piperidine rings is 1. The molecule has 4 aliphatic rings. The fraction of sp³-hybridized carbons (Fsp3) is 0.789. The number of aliphatic hydroxyl groups excluding tert-OH is 2. The van der Waals surface area contributed by atoms with Gasteiger partial charge in [0.1, 0.15) is 18.2 Å². The third kappa shape index (κ3) is 9.47. The van der Waals surface area contributed by atoms with Crippen LogP contribution in [0, 0.1) is 29.6 Å². The molecule has 1 aliphatic carbocycles. The van der Waals surface area contributed by atoms with Crippen molar-refractivity contribution in [1.82, 2.24) is 4.90 Å². The molecule has 11 heteroatoms. The van der Waals surface area contributed by atoms with E-state index in [2.05, 4.69) is 19.1 Å². The van der Waals surface area contributed by atoms with Gasteiger partial charge in [0, 0.05) is 25.5 Å². The van der Waals surface area contributed by atoms with Gasteiger partial charge in [-0.2, -0.15) is 0 Å². The second-order valence-corrected chi connectivity index (χ2v) is 15.1. The first-order valence-electron chi connectivity index (χ1n) is 18.5. The fourth-order valence-electron chi connectivity index (χ4n) is 8.01. The highest BCUT2D eigenvalue weighted by Gasteiger charge is 2.53. The van der Waals surface area contributed by atoms with E-state index >= 15 is 0 Å². The van der Waals surface area contributed by atoms with E-state index < -0.39 is 71.8 Å². The van der Waals surface area contributed by atoms with Crippen LogP contribution < -0.4 is 0 Å². The Balaban J connectivity index is 1.60. The molecule has 12 unspecified atom stereocenters. The molecule has 2 bridgehead atoms. The van der Waals surface area contributed by atoms with Crippen LogP contribution in [0.2, 0.25) is 0 Å². The molecule has 4 rings (SSSR count). The smallest absolute Gasteiger partial charge is 0.329 e. The lowest BCUT2D eigenvalue weighted by atomic mass is 9.76. The third-order valence-corrected chi connectivity index (χ3v) is 11.5. The number of hydrogen-bond donors (Lipinski definition) is 3. The number of ketones is 2. The molecule has 3 fully saturated rings. The SMILES string of the molecule is COC1C(O)CCC(CC(C)C2CCC(C)C=CCCC=CC(=O)C(C)C3CCC(C)C(O)(O3)C(=O)C(=O)N3CCCCC3C(=O)O2)C1O. The summed E-state index contributed by atoms with van der Waals surface area (Å²) in [6.07, 6.45) is 10.8. The molecular weight excluding hydrogens is 630 g/mol. The van der Waals surface area contributed by atoms with Gasteiger partial charge in [-0.25, -0.2) is 4.79 Å². The van der Waals surface area contributed by atoms with Crippen LogP contribution in [0.4, 0.5) is 0 Å². The molecule has 3 N–H and O–H groups in total. The first kappa shape index (κ1) is 39.3. The number of amides is 1. The number of hydrogen-bond acceptors (Lipinski definition) is 10. The zero-order valence-electron chi connectivity index (χ0n) is 30.0. The number of fused-ring (bicyclic) bond motifs is 3. The predicted molar refractivity (Wildman–Crippen MR) is 182 cm³/mol. The van der Waals surface area contributed by atoms with Gasteiger partial charge < -0.3 is 34.4 Å². The van der Waals surface area contributed by atoms with Gasteiger partial charge >= 0.3 is 5.97 Å². The van der Waals surface area contributed by atoms with Crippen LogP contribution in [-0.2, 0) is 33.4 Å². The summed E-state index contributed by atoms with van der Waals surface area (Å²) in [5.41, 5.74) is 0. The molecule has 3 aliphatic heterocycles. The number of aliphatic hydroxyl groups is 3. The van der Waals surface area contributed by atoms with Gasteiger partial charge in [0.25, 0.3) is 11.7 Å². The molecule has 12 atom stereocenters. The average molecular weight is 690 g/mol. The number of carbonyl (C=O) groups is 4. The maximum Gasteiger partial charge on any atom is 0.329 e. The number of carbonyl (C=O) groups excluding carboxylic acids is 4. The van der Waals surface area contributed by atoms with E-state index in [1.54, 1.807) is 13.8 Å². The Labute approximate surface area is 291 Å². The number of esters is 1. The predicted octanol–water partition coefficient (Wildman–Crippen LogP) is 4.05. The molecule has 0 radical (unpaired) electrons. The standard InChI is InChI=1S/C38H59NO10/c1-23-12-8-6-7-9-14-29(40)26(4)32-20-16-25(3)38(46,49-32)35(43)36(44)39-21-11-10-13-28(39)37(45)48-31(19-15-23)24(2)22-27-17-18-30(41)34(47-5)33(27)42/h8-9,12,14,23-28,30-34,41-42,46H,6-7,10-11,13,15-22H2,1-5H3. The molecule has 1 amide bonds. The minimum atomic E-state index is -2.42. The summed E-state index contributed by atoms with van der Waals surface area (Å²) in [7, 11) is 1.48. The van der Waals surface area contributed by atoms with Gasteiger partial charge in [0.05, 0.1) is 18.3 Å². The molecule has 0 aromatic heterocycles. The van der Waals surface area contributed by atoms with Crippen LogP contribution in [0.1, 0.15) is 105 Å². The number of methoxy groups -OCH3 is 1. The Bertz CT molecular complexity index is 1220. The first-order valence-corrected chi connectivity index (χ1v) is 18.5. The normalized spacial score (nSPS) is 39.9. The van der Waals surface area contributed by atoms with E-state index in [-0.39, 0.29) is 30.1 Å². The first-order chi connectivity index (χ1) is 23.3. The van der Waals surface area contributed by atoms with E-state index in [1.165, 1.54) is 18.1 Å². The van der Waals surface area contributed by atoms with Crippen molar-refractivity contribution in [2.75, 3.05) is 13.7 Å². The summed E-state index contributed by atoms with van der Waals surface area (Å²) >= 11 is 0. The number of Topliss-reactive ketones (excluding diaryl/α,β-unsaturated/α-hetero) is 1. The summed E-state index contributed by atoms with van der Waals surface area (Å²) in [4.78, 5) is 55.9. The van der Waals surface area contributed by atoms with E-state index in [9.17, 15) is 34.5 Å². The van der Waals surface area contributed by atoms with Crippen LogP contribution in [0.15, 0.2) is 24.3 Å². The largest absolute Gasteiger partial charge is 0.461 e. The second-order valence-electron chi connectivity index (χ2n) is 15.1. The molecule has 0 spiro atoms. The van der Waals surface area contributed by atoms with Gasteiger partial charge in [0.2, 0.25) is 5.79 Å². The summed E-state index contributed by atoms with van der Waals surface area (Å²) < 4.78 is 17.6. The minimum absolute atomic E-state index is 0.151. The van der Waals surface area contributed by atoms with Crippen LogP contribution in [-0.4, -0.2) is 99.7 Å². The molecule has 2 saturated heterocycles. The Morgan fingerprint density at radius 2 is 1.69 bits per heavy atom. The van der Waals surface area contributed by atoms with Gasteiger partial charge in [-0.3, -0.25) is 14.4 Å². The molecule has 3 heterocycles. The quantitative estimate of drug-likeness (QED) is 0.223. The van der Waals surface area contributed by atoms with Crippen molar-refractivity contribution in [2.45, 2.75) is 147 Å². The maximum absolute atomic E-state index is 14.0. The fourth-order valence-corrected chi connectivity index (χ4v) is 8.01. The number of rotatable bonds is 4. The Morgan fingerprint density at radius 1 is 0.959 bits per heavy atom. The minimum Gasteiger partial charge on any atom is -0.461 e. The zero-order chi connectivity index (χ0) is 35.9. The van der Waals surface area contributed by atoms with Crippen LogP contribution in [0.3, 0.4) is 0 Å². The third-order valence-electron chi connectivity index (χ3n) is 11.5. The van der Waals surface area contributed by atoms with Gasteiger partial charge in [-0.15, -0.1) is 0 Å². The molecule has 11 nitrogen and oxygen atoms in total. The monoisotopic (exact) mass is 689 g/mol. The lowest BCUT2D eigenvalue weighted by Gasteiger charge is -2.43. The molecule has 1 saturated carbocycles.